The zero-order valence-electron chi connectivity index (χ0n) is 20.3. The third kappa shape index (κ3) is 5.46. The molecule has 0 N–H and O–H groups in total. The number of rotatable bonds is 7. The second-order valence-electron chi connectivity index (χ2n) is 9.20. The first-order chi connectivity index (χ1) is 16.5. The molecule has 0 atom stereocenters. The molecule has 0 spiro atoms. The maximum atomic E-state index is 12.2. The van der Waals surface area contributed by atoms with Crippen LogP contribution in [-0.2, 0) is 15.9 Å². The highest BCUT2D eigenvalue weighted by atomic mass is 16.6. The van der Waals surface area contributed by atoms with Gasteiger partial charge in [0, 0.05) is 49.4 Å². The molecule has 2 heterocycles. The van der Waals surface area contributed by atoms with E-state index in [0.717, 1.165) is 42.9 Å². The van der Waals surface area contributed by atoms with Crippen LogP contribution in [0.25, 0.3) is 0 Å². The first-order valence-corrected chi connectivity index (χ1v) is 12.2. The summed E-state index contributed by atoms with van der Waals surface area (Å²) in [4.78, 5) is 28.2. The van der Waals surface area contributed by atoms with Crippen molar-refractivity contribution in [1.29, 1.82) is 0 Å². The lowest BCUT2D eigenvalue weighted by Gasteiger charge is -2.32. The predicted octanol–water partition coefficient (Wildman–Crippen LogP) is 5.19. The number of benzene rings is 2. The van der Waals surface area contributed by atoms with Crippen LogP contribution < -0.4 is 9.64 Å². The summed E-state index contributed by atoms with van der Waals surface area (Å²) in [5, 5.41) is 0. The number of fused-ring (bicyclic) bond motifs is 1. The smallest absolute Gasteiger partial charge is 0.409 e. The lowest BCUT2D eigenvalue weighted by molar-refractivity contribution is 0.0525. The van der Waals surface area contributed by atoms with Crippen molar-refractivity contribution in [2.75, 3.05) is 37.7 Å². The highest BCUT2D eigenvalue weighted by Crippen LogP contribution is 2.40. The van der Waals surface area contributed by atoms with E-state index in [9.17, 15) is 9.59 Å². The molecular formula is C27H34N2O5. The van der Waals surface area contributed by atoms with Crippen molar-refractivity contribution in [3.05, 3.63) is 53.6 Å². The highest BCUT2D eigenvalue weighted by molar-refractivity contribution is 5.90. The first-order valence-electron chi connectivity index (χ1n) is 12.2. The number of amides is 1. The maximum absolute atomic E-state index is 12.2. The predicted molar refractivity (Wildman–Crippen MR) is 131 cm³/mol. The molecular weight excluding hydrogens is 432 g/mol. The molecule has 0 unspecified atom stereocenters. The molecule has 2 aliphatic heterocycles. The zero-order chi connectivity index (χ0) is 24.1. The van der Waals surface area contributed by atoms with Crippen LogP contribution in [0.15, 0.2) is 42.5 Å². The van der Waals surface area contributed by atoms with E-state index in [1.807, 2.05) is 50.2 Å². The van der Waals surface area contributed by atoms with Crippen molar-refractivity contribution in [2.45, 2.75) is 46.1 Å². The number of nitrogens with zero attached hydrogens (tertiary/aromatic N) is 2. The Bertz CT molecular complexity index is 997. The van der Waals surface area contributed by atoms with Gasteiger partial charge in [0.05, 0.1) is 18.8 Å². The van der Waals surface area contributed by atoms with E-state index in [1.165, 1.54) is 5.56 Å². The van der Waals surface area contributed by atoms with Crippen molar-refractivity contribution < 1.29 is 23.8 Å². The summed E-state index contributed by atoms with van der Waals surface area (Å²) < 4.78 is 16.9. The molecule has 1 fully saturated rings. The fourth-order valence-corrected chi connectivity index (χ4v) is 4.44. The van der Waals surface area contributed by atoms with Crippen LogP contribution in [-0.4, -0.2) is 55.9 Å². The van der Waals surface area contributed by atoms with Gasteiger partial charge in [0.15, 0.2) is 0 Å². The highest BCUT2D eigenvalue weighted by Gasteiger charge is 2.28. The van der Waals surface area contributed by atoms with Crippen molar-refractivity contribution >= 4 is 23.4 Å². The lowest BCUT2D eigenvalue weighted by atomic mass is 10.1. The van der Waals surface area contributed by atoms with Crippen LogP contribution >= 0.6 is 0 Å². The molecule has 4 rings (SSSR count). The Kier molecular flexibility index (Phi) is 7.60. The van der Waals surface area contributed by atoms with E-state index in [1.54, 1.807) is 11.8 Å². The second-order valence-corrected chi connectivity index (χ2v) is 9.20. The largest absolute Gasteiger partial charge is 0.490 e. The summed E-state index contributed by atoms with van der Waals surface area (Å²) in [6.45, 7) is 8.84. The van der Waals surface area contributed by atoms with Gasteiger partial charge in [0.1, 0.15) is 11.9 Å². The van der Waals surface area contributed by atoms with Crippen LogP contribution in [0.1, 0.15) is 49.5 Å². The molecule has 0 aliphatic carbocycles. The molecule has 34 heavy (non-hydrogen) atoms. The second kappa shape index (κ2) is 10.8. The average Bonchev–Trinajstić information content (AvgIpc) is 3.28. The van der Waals surface area contributed by atoms with Gasteiger partial charge in [0.25, 0.3) is 0 Å². The minimum atomic E-state index is -0.300. The Morgan fingerprint density at radius 1 is 1.00 bits per heavy atom. The Morgan fingerprint density at radius 2 is 1.74 bits per heavy atom. The van der Waals surface area contributed by atoms with Crippen molar-refractivity contribution in [3.63, 3.8) is 0 Å². The number of anilines is 2. The van der Waals surface area contributed by atoms with Crippen molar-refractivity contribution in [1.82, 2.24) is 4.90 Å². The molecule has 1 saturated heterocycles. The standard InChI is InChI=1S/C27H34N2O5/c1-4-32-26(30)20-8-10-21(11-9-20)29-17-14-23-24(29)6-5-7-25(23)34-22-12-15-28(16-13-22)27(31)33-18-19(2)3/h5-11,19,22H,4,12-18H2,1-3H3. The van der Waals surface area contributed by atoms with Gasteiger partial charge in [-0.1, -0.05) is 19.9 Å². The minimum absolute atomic E-state index is 0.0820. The van der Waals surface area contributed by atoms with Gasteiger partial charge in [0.2, 0.25) is 0 Å². The number of carbonyl (C=O) groups is 2. The normalized spacial score (nSPS) is 15.9. The number of likely N-dealkylation sites (tertiary alicyclic amines) is 1. The monoisotopic (exact) mass is 466 g/mol. The molecule has 0 bridgehead atoms. The Morgan fingerprint density at radius 3 is 2.41 bits per heavy atom. The van der Waals surface area contributed by atoms with E-state index in [4.69, 9.17) is 14.2 Å². The molecule has 0 radical (unpaired) electrons. The quantitative estimate of drug-likeness (QED) is 0.523. The summed E-state index contributed by atoms with van der Waals surface area (Å²) in [5.41, 5.74) is 3.94. The number of esters is 1. The summed E-state index contributed by atoms with van der Waals surface area (Å²) in [7, 11) is 0. The fourth-order valence-electron chi connectivity index (χ4n) is 4.44. The Hall–Kier alpha value is -3.22. The summed E-state index contributed by atoms with van der Waals surface area (Å²) in [6.07, 6.45) is 2.33. The molecule has 0 aromatic heterocycles. The van der Waals surface area contributed by atoms with Gasteiger partial charge >= 0.3 is 12.1 Å². The van der Waals surface area contributed by atoms with Gasteiger partial charge < -0.3 is 24.0 Å². The summed E-state index contributed by atoms with van der Waals surface area (Å²) in [6, 6.07) is 13.7. The zero-order valence-corrected chi connectivity index (χ0v) is 20.3. The number of hydrogen-bond donors (Lipinski definition) is 0. The van der Waals surface area contributed by atoms with Gasteiger partial charge in [-0.15, -0.1) is 0 Å². The molecule has 2 aromatic carbocycles. The van der Waals surface area contributed by atoms with Crippen LogP contribution in [0.3, 0.4) is 0 Å². The van der Waals surface area contributed by atoms with Crippen LogP contribution in [0.4, 0.5) is 16.2 Å². The van der Waals surface area contributed by atoms with Gasteiger partial charge in [-0.2, -0.15) is 0 Å². The fraction of sp³-hybridized carbons (Fsp3) is 0.481. The van der Waals surface area contributed by atoms with Crippen molar-refractivity contribution in [2.24, 2.45) is 5.92 Å². The van der Waals surface area contributed by atoms with Crippen LogP contribution in [0.2, 0.25) is 0 Å². The van der Waals surface area contributed by atoms with E-state index in [2.05, 4.69) is 11.0 Å². The molecule has 7 heteroatoms. The van der Waals surface area contributed by atoms with Crippen molar-refractivity contribution in [3.8, 4) is 5.75 Å². The van der Waals surface area contributed by atoms with Crippen LogP contribution in [0.5, 0.6) is 5.75 Å². The van der Waals surface area contributed by atoms with E-state index < -0.39 is 0 Å². The Labute approximate surface area is 201 Å². The van der Waals surface area contributed by atoms with Gasteiger partial charge in [-0.25, -0.2) is 9.59 Å². The van der Waals surface area contributed by atoms with Crippen LogP contribution in [0, 0.1) is 5.92 Å². The Balaban J connectivity index is 1.38. The maximum Gasteiger partial charge on any atom is 0.409 e. The summed E-state index contributed by atoms with van der Waals surface area (Å²) in [5.74, 6) is 0.954. The van der Waals surface area contributed by atoms with Gasteiger partial charge in [-0.3, -0.25) is 0 Å². The third-order valence-corrected chi connectivity index (χ3v) is 6.21. The molecule has 2 aliphatic rings. The van der Waals surface area contributed by atoms with E-state index in [-0.39, 0.29) is 18.2 Å². The topological polar surface area (TPSA) is 68.3 Å². The SMILES string of the molecule is CCOC(=O)c1ccc(N2CCc3c(OC4CCN(C(=O)OCC(C)C)CC4)cccc32)cc1. The molecule has 1 amide bonds. The number of hydrogen-bond acceptors (Lipinski definition) is 6. The minimum Gasteiger partial charge on any atom is -0.490 e. The lowest BCUT2D eigenvalue weighted by Crippen LogP contribution is -2.42. The van der Waals surface area contributed by atoms with E-state index in [0.29, 0.717) is 37.8 Å². The number of piperidine rings is 1. The van der Waals surface area contributed by atoms with E-state index >= 15 is 0 Å². The third-order valence-electron chi connectivity index (χ3n) is 6.21. The number of carbonyl (C=O) groups excluding carboxylic acids is 2. The summed E-state index contributed by atoms with van der Waals surface area (Å²) >= 11 is 0. The molecule has 182 valence electrons. The molecule has 2 aromatic rings. The molecule has 0 saturated carbocycles. The van der Waals surface area contributed by atoms with Gasteiger partial charge in [-0.05, 0) is 55.7 Å². The molecule has 7 nitrogen and oxygen atoms in total. The average molecular weight is 467 g/mol. The first kappa shape index (κ1) is 23.9. The number of ether oxygens (including phenoxy) is 3.